The summed E-state index contributed by atoms with van der Waals surface area (Å²) in [6.07, 6.45) is 10.1. The van der Waals surface area contributed by atoms with Crippen molar-refractivity contribution in [3.63, 3.8) is 0 Å². The van der Waals surface area contributed by atoms with Crippen LogP contribution in [0.2, 0.25) is 0 Å². The molecule has 4 aromatic rings. The molecule has 8 heteroatoms. The predicted molar refractivity (Wildman–Crippen MR) is 144 cm³/mol. The molecule has 1 saturated carbocycles. The van der Waals surface area contributed by atoms with Gasteiger partial charge in [-0.25, -0.2) is 4.68 Å². The van der Waals surface area contributed by atoms with Crippen molar-refractivity contribution >= 4 is 24.6 Å². The summed E-state index contributed by atoms with van der Waals surface area (Å²) in [5, 5.41) is 8.97. The number of nitrogens with two attached hydrogens (primary N) is 1. The summed E-state index contributed by atoms with van der Waals surface area (Å²) in [7, 11) is 2.20. The van der Waals surface area contributed by atoms with Gasteiger partial charge in [0.25, 0.3) is 5.84 Å². The van der Waals surface area contributed by atoms with Crippen LogP contribution in [0.1, 0.15) is 46.8 Å². The molecule has 1 aliphatic carbocycles. The molecule has 2 aromatic carbocycles. The second-order valence-corrected chi connectivity index (χ2v) is 10.3. The SMILES string of the molecule is Nc1ccc(C2=C3C=CC(=[N+]4CCc5ccccc5C4)N3[B]n3c2ccc3-n2cc(C3CC3)nn2)cc1. The minimum absolute atomic E-state index is 0.565. The molecule has 5 heterocycles. The predicted octanol–water partition coefficient (Wildman–Crippen LogP) is 3.72. The average molecular weight is 483 g/mol. The highest BCUT2D eigenvalue weighted by Gasteiger charge is 2.41. The van der Waals surface area contributed by atoms with Crippen LogP contribution in [0.25, 0.3) is 11.4 Å². The summed E-state index contributed by atoms with van der Waals surface area (Å²) in [5.74, 6) is 2.74. The molecule has 0 bridgehead atoms. The first-order valence-corrected chi connectivity index (χ1v) is 13.0. The molecule has 2 aromatic heterocycles. The molecule has 0 saturated heterocycles. The van der Waals surface area contributed by atoms with E-state index in [1.165, 1.54) is 41.1 Å². The van der Waals surface area contributed by atoms with E-state index in [9.17, 15) is 0 Å². The second-order valence-electron chi connectivity index (χ2n) is 10.3. The Labute approximate surface area is 216 Å². The molecule has 179 valence electrons. The summed E-state index contributed by atoms with van der Waals surface area (Å²) in [4.78, 5) is 2.33. The zero-order valence-electron chi connectivity index (χ0n) is 20.5. The standard InChI is InChI=1S/C29H25BN7/c31-23-9-7-21(8-10-23)29-25-11-13-27(34-16-15-19-3-1-2-4-22(19)17-34)36(25)30-37-26(29)12-14-28(37)35-18-24(32-33-35)20-5-6-20/h1-4,7-14,18,20,31H,5-6,15-17H2/p+1. The molecular formula is C29H26BN7+. The van der Waals surface area contributed by atoms with E-state index < -0.39 is 0 Å². The number of hydrogen-bond acceptors (Lipinski definition) is 3. The van der Waals surface area contributed by atoms with Gasteiger partial charge in [-0.3, -0.25) is 9.39 Å². The minimum atomic E-state index is 0.565. The van der Waals surface area contributed by atoms with Crippen molar-refractivity contribution < 1.29 is 4.58 Å². The van der Waals surface area contributed by atoms with Crippen LogP contribution in [0.4, 0.5) is 5.69 Å². The van der Waals surface area contributed by atoms with E-state index in [4.69, 9.17) is 5.73 Å². The highest BCUT2D eigenvalue weighted by atomic mass is 15.5. The number of rotatable bonds is 3. The number of aromatic nitrogens is 4. The minimum Gasteiger partial charge on any atom is -0.399 e. The molecule has 1 radical (unpaired) electrons. The quantitative estimate of drug-likeness (QED) is 0.274. The molecule has 2 N–H and O–H groups in total. The number of benzene rings is 2. The summed E-state index contributed by atoms with van der Waals surface area (Å²) >= 11 is 0. The molecular weight excluding hydrogens is 457 g/mol. The van der Waals surface area contributed by atoms with Crippen LogP contribution in [-0.2, 0) is 13.0 Å². The van der Waals surface area contributed by atoms with Gasteiger partial charge in [0.15, 0.2) is 0 Å². The van der Waals surface area contributed by atoms with Crippen LogP contribution in [0.3, 0.4) is 0 Å². The maximum absolute atomic E-state index is 6.05. The van der Waals surface area contributed by atoms with E-state index in [0.29, 0.717) is 5.92 Å². The van der Waals surface area contributed by atoms with Gasteiger partial charge in [0.1, 0.15) is 18.1 Å². The molecule has 0 spiro atoms. The fourth-order valence-electron chi connectivity index (χ4n) is 5.81. The molecule has 0 unspecified atom stereocenters. The molecule has 4 aliphatic rings. The van der Waals surface area contributed by atoms with Crippen molar-refractivity contribution in [1.82, 2.24) is 24.3 Å². The highest BCUT2D eigenvalue weighted by molar-refractivity contribution is 6.40. The molecule has 0 amide bonds. The van der Waals surface area contributed by atoms with Crippen molar-refractivity contribution in [2.45, 2.75) is 31.7 Å². The number of nitrogens with zero attached hydrogens (tertiary/aromatic N) is 6. The third kappa shape index (κ3) is 3.32. The number of allylic oxidation sites excluding steroid dienone is 1. The third-order valence-corrected chi connectivity index (χ3v) is 7.93. The number of fused-ring (bicyclic) bond motifs is 3. The van der Waals surface area contributed by atoms with E-state index in [0.717, 1.165) is 48.0 Å². The number of hydrogen-bond donors (Lipinski definition) is 1. The van der Waals surface area contributed by atoms with Gasteiger partial charge in [0, 0.05) is 35.4 Å². The Balaban J connectivity index is 1.27. The summed E-state index contributed by atoms with van der Waals surface area (Å²) < 4.78 is 6.64. The van der Waals surface area contributed by atoms with E-state index in [1.54, 1.807) is 0 Å². The normalized spacial score (nSPS) is 20.1. The van der Waals surface area contributed by atoms with Crippen molar-refractivity contribution in [3.05, 3.63) is 113 Å². The Morgan fingerprint density at radius 2 is 1.78 bits per heavy atom. The molecule has 7 nitrogen and oxygen atoms in total. The van der Waals surface area contributed by atoms with Gasteiger partial charge < -0.3 is 10.2 Å². The molecule has 0 atom stereocenters. The summed E-state index contributed by atoms with van der Waals surface area (Å²) in [5.41, 5.74) is 15.4. The van der Waals surface area contributed by atoms with Gasteiger partial charge in [0.2, 0.25) is 0 Å². The van der Waals surface area contributed by atoms with Gasteiger partial charge in [-0.05, 0) is 59.9 Å². The van der Waals surface area contributed by atoms with Crippen LogP contribution in [-0.4, -0.2) is 48.8 Å². The Morgan fingerprint density at radius 1 is 0.946 bits per heavy atom. The van der Waals surface area contributed by atoms with Gasteiger partial charge in [0.05, 0.1) is 18.4 Å². The van der Waals surface area contributed by atoms with Crippen molar-refractivity contribution in [3.8, 4) is 5.82 Å². The van der Waals surface area contributed by atoms with Gasteiger partial charge in [-0.2, -0.15) is 0 Å². The van der Waals surface area contributed by atoms with Crippen LogP contribution in [0.15, 0.2) is 84.7 Å². The van der Waals surface area contributed by atoms with Crippen LogP contribution in [0, 0.1) is 0 Å². The molecule has 3 aliphatic heterocycles. The lowest BCUT2D eigenvalue weighted by molar-refractivity contribution is -0.550. The smallest absolute Gasteiger partial charge is 0.399 e. The zero-order valence-corrected chi connectivity index (χ0v) is 20.5. The van der Waals surface area contributed by atoms with Gasteiger partial charge in [-0.1, -0.05) is 41.6 Å². The lowest BCUT2D eigenvalue weighted by Crippen LogP contribution is -2.43. The Morgan fingerprint density at radius 3 is 2.62 bits per heavy atom. The van der Waals surface area contributed by atoms with Crippen molar-refractivity contribution in [1.29, 1.82) is 0 Å². The topological polar surface area (TPSA) is 67.9 Å². The third-order valence-electron chi connectivity index (χ3n) is 7.93. The van der Waals surface area contributed by atoms with E-state index in [-0.39, 0.29) is 0 Å². The fraction of sp³-hybridized carbons (Fsp3) is 0.207. The number of anilines is 1. The first-order valence-electron chi connectivity index (χ1n) is 13.0. The maximum atomic E-state index is 6.05. The summed E-state index contributed by atoms with van der Waals surface area (Å²) in [6, 6.07) is 21.3. The van der Waals surface area contributed by atoms with E-state index in [2.05, 4.69) is 98.6 Å². The first-order chi connectivity index (χ1) is 18.2. The zero-order chi connectivity index (χ0) is 24.5. The lowest BCUT2D eigenvalue weighted by atomic mass is 9.91. The Bertz CT molecular complexity index is 1650. The van der Waals surface area contributed by atoms with Crippen molar-refractivity contribution in [2.75, 3.05) is 12.3 Å². The highest BCUT2D eigenvalue weighted by Crippen LogP contribution is 2.40. The van der Waals surface area contributed by atoms with E-state index in [1.807, 2.05) is 16.8 Å². The van der Waals surface area contributed by atoms with Gasteiger partial charge >= 0.3 is 7.55 Å². The number of nitrogen functional groups attached to an aromatic ring is 1. The maximum Gasteiger partial charge on any atom is 0.553 e. The van der Waals surface area contributed by atoms with Crippen LogP contribution in [0.5, 0.6) is 0 Å². The average Bonchev–Trinajstić information content (AvgIpc) is 3.31. The largest absolute Gasteiger partial charge is 0.553 e. The van der Waals surface area contributed by atoms with Crippen LogP contribution < -0.4 is 5.73 Å². The first kappa shape index (κ1) is 20.8. The Kier molecular flexibility index (Phi) is 4.41. The summed E-state index contributed by atoms with van der Waals surface area (Å²) in [6.45, 7) is 1.90. The monoisotopic (exact) mass is 483 g/mol. The number of amidine groups is 1. The van der Waals surface area contributed by atoms with Crippen LogP contribution >= 0.6 is 0 Å². The lowest BCUT2D eigenvalue weighted by Gasteiger charge is -2.27. The Hall–Kier alpha value is -4.33. The fourth-order valence-corrected chi connectivity index (χ4v) is 5.81. The molecule has 1 fully saturated rings. The van der Waals surface area contributed by atoms with Gasteiger partial charge in [-0.15, -0.1) is 5.10 Å². The molecule has 37 heavy (non-hydrogen) atoms. The van der Waals surface area contributed by atoms with E-state index >= 15 is 0 Å². The second kappa shape index (κ2) is 7.84. The van der Waals surface area contributed by atoms with Crippen molar-refractivity contribution in [2.24, 2.45) is 0 Å². The molecule has 8 rings (SSSR count).